The van der Waals surface area contributed by atoms with E-state index in [1.54, 1.807) is 0 Å². The van der Waals surface area contributed by atoms with Crippen LogP contribution in [0.25, 0.3) is 0 Å². The molecular weight excluding hydrogens is 426 g/mol. The maximum atomic E-state index is 12.1. The van der Waals surface area contributed by atoms with Gasteiger partial charge in [0.2, 0.25) is 0 Å². The Hall–Kier alpha value is -1.30. The van der Waals surface area contributed by atoms with Crippen molar-refractivity contribution in [2.24, 2.45) is 22.7 Å². The highest BCUT2D eigenvalue weighted by atomic mass is 16.6. The summed E-state index contributed by atoms with van der Waals surface area (Å²) in [4.78, 5) is 0. The van der Waals surface area contributed by atoms with Crippen molar-refractivity contribution >= 4 is 0 Å². The number of benzene rings is 1. The van der Waals surface area contributed by atoms with Gasteiger partial charge in [0.15, 0.2) is 11.5 Å². The number of methoxy groups -OCH3 is 1. The molecule has 0 amide bonds. The van der Waals surface area contributed by atoms with Gasteiger partial charge in [-0.15, -0.1) is 0 Å². The lowest BCUT2D eigenvalue weighted by Crippen LogP contribution is -2.83. The average Bonchev–Trinajstić information content (AvgIpc) is 3.51. The largest absolute Gasteiger partial charge is 0.504 e. The van der Waals surface area contributed by atoms with Crippen molar-refractivity contribution in [1.29, 1.82) is 0 Å². The van der Waals surface area contributed by atoms with Crippen molar-refractivity contribution in [3.8, 4) is 11.5 Å². The maximum absolute atomic E-state index is 12.1. The first-order valence-electron chi connectivity index (χ1n) is 13.6. The topological polar surface area (TPSA) is 71.0 Å². The van der Waals surface area contributed by atoms with Gasteiger partial charge in [-0.05, 0) is 93.4 Å². The zero-order valence-corrected chi connectivity index (χ0v) is 21.5. The van der Waals surface area contributed by atoms with E-state index in [4.69, 9.17) is 9.47 Å². The van der Waals surface area contributed by atoms with E-state index in [0.29, 0.717) is 11.8 Å². The monoisotopic (exact) mass is 467 g/mol. The van der Waals surface area contributed by atoms with Crippen molar-refractivity contribution in [2.75, 3.05) is 13.7 Å². The summed E-state index contributed by atoms with van der Waals surface area (Å²) in [7, 11) is 1.83. The van der Waals surface area contributed by atoms with Gasteiger partial charge in [0, 0.05) is 35.5 Å². The third kappa shape index (κ3) is 2.25. The standard InChI is InChI=1S/C29H41NO4/c1-25(2,3)26(4,32)20-15-27-8-9-29(20,33-5)24-28(27)10-11-30-21(27)14-18-17(12-16-6-7-16)13-19(31)23(34-24)22(18)28/h13,16,20-21,24,30-32H,6-12,14-15H2,1-5H3/t20?,21-,24?,26+,27+,28+,29?/m1/s1. The first kappa shape index (κ1) is 21.9. The lowest BCUT2D eigenvalue weighted by Gasteiger charge is -2.74. The normalized spacial score (nSPS) is 43.3. The fraction of sp³-hybridized carbons (Fsp3) is 0.793. The van der Waals surface area contributed by atoms with E-state index in [9.17, 15) is 10.2 Å². The molecule has 3 unspecified atom stereocenters. The highest BCUT2D eigenvalue weighted by molar-refractivity contribution is 5.65. The second-order valence-corrected chi connectivity index (χ2v) is 13.8. The van der Waals surface area contributed by atoms with Crippen molar-refractivity contribution in [3.63, 3.8) is 0 Å². The Morgan fingerprint density at radius 3 is 2.62 bits per heavy atom. The molecule has 2 spiro atoms. The highest BCUT2D eigenvalue weighted by Gasteiger charge is 2.81. The number of fused-ring (bicyclic) bond motifs is 2. The van der Waals surface area contributed by atoms with Gasteiger partial charge >= 0.3 is 0 Å². The van der Waals surface area contributed by atoms with Crippen molar-refractivity contribution in [3.05, 3.63) is 22.8 Å². The predicted molar refractivity (Wildman–Crippen MR) is 130 cm³/mol. The molecule has 7 aliphatic rings. The lowest BCUT2D eigenvalue weighted by atomic mass is 9.33. The number of hydrogen-bond acceptors (Lipinski definition) is 5. The van der Waals surface area contributed by atoms with Crippen LogP contribution < -0.4 is 10.1 Å². The number of hydrogen-bond donors (Lipinski definition) is 3. The molecule has 0 radical (unpaired) electrons. The highest BCUT2D eigenvalue weighted by Crippen LogP contribution is 2.77. The molecule has 1 saturated heterocycles. The van der Waals surface area contributed by atoms with Crippen molar-refractivity contribution in [2.45, 2.75) is 108 Å². The molecule has 5 nitrogen and oxygen atoms in total. The fourth-order valence-corrected chi connectivity index (χ4v) is 9.50. The van der Waals surface area contributed by atoms with Gasteiger partial charge in [0.1, 0.15) is 11.7 Å². The number of nitrogens with one attached hydrogen (secondary N) is 1. The molecule has 3 N–H and O–H groups in total. The number of ether oxygens (including phenoxy) is 2. The van der Waals surface area contributed by atoms with Gasteiger partial charge in [-0.1, -0.05) is 20.8 Å². The Bertz CT molecular complexity index is 1070. The molecule has 5 heteroatoms. The molecule has 4 saturated carbocycles. The summed E-state index contributed by atoms with van der Waals surface area (Å²) < 4.78 is 13.5. The summed E-state index contributed by atoms with van der Waals surface area (Å²) >= 11 is 0. The Balaban J connectivity index is 1.48. The summed E-state index contributed by atoms with van der Waals surface area (Å²) in [5.74, 6) is 1.77. The van der Waals surface area contributed by atoms with Crippen LogP contribution in [-0.4, -0.2) is 47.2 Å². The number of aliphatic hydroxyl groups is 1. The van der Waals surface area contributed by atoms with E-state index in [2.05, 4.69) is 26.1 Å². The zero-order valence-electron chi connectivity index (χ0n) is 21.5. The van der Waals surface area contributed by atoms with Crippen LogP contribution in [0.3, 0.4) is 0 Å². The Kier molecular flexibility index (Phi) is 4.08. The minimum absolute atomic E-state index is 0.0129. The third-order valence-corrected chi connectivity index (χ3v) is 11.8. The maximum Gasteiger partial charge on any atom is 0.165 e. The molecule has 5 fully saturated rings. The average molecular weight is 468 g/mol. The van der Waals surface area contributed by atoms with Crippen LogP contribution in [0.2, 0.25) is 0 Å². The van der Waals surface area contributed by atoms with E-state index in [1.165, 1.54) is 29.5 Å². The van der Waals surface area contributed by atoms with Crippen LogP contribution in [0.15, 0.2) is 6.07 Å². The number of phenols is 1. The molecule has 0 aromatic heterocycles. The Labute approximate surface area is 203 Å². The Morgan fingerprint density at radius 2 is 1.94 bits per heavy atom. The first-order chi connectivity index (χ1) is 16.0. The fourth-order valence-electron chi connectivity index (χ4n) is 9.50. The second-order valence-electron chi connectivity index (χ2n) is 13.8. The molecule has 186 valence electrons. The van der Waals surface area contributed by atoms with Crippen LogP contribution >= 0.6 is 0 Å². The van der Waals surface area contributed by atoms with Gasteiger partial charge in [0.05, 0.1) is 5.60 Å². The van der Waals surface area contributed by atoms with Crippen LogP contribution in [0, 0.1) is 22.7 Å². The van der Waals surface area contributed by atoms with Gasteiger partial charge in [-0.25, -0.2) is 0 Å². The molecule has 2 aliphatic heterocycles. The Morgan fingerprint density at radius 1 is 1.18 bits per heavy atom. The molecule has 8 rings (SSSR count). The summed E-state index contributed by atoms with van der Waals surface area (Å²) in [5.41, 5.74) is 2.19. The van der Waals surface area contributed by atoms with E-state index in [1.807, 2.05) is 20.1 Å². The molecule has 1 aromatic carbocycles. The number of phenolic OH excluding ortho intramolecular Hbond substituents is 1. The summed E-state index contributed by atoms with van der Waals surface area (Å²) in [6.45, 7) is 9.42. The van der Waals surface area contributed by atoms with Crippen LogP contribution in [0.4, 0.5) is 0 Å². The van der Waals surface area contributed by atoms with Gasteiger partial charge < -0.3 is 25.0 Å². The molecular formula is C29H41NO4. The van der Waals surface area contributed by atoms with Crippen molar-refractivity contribution in [1.82, 2.24) is 5.32 Å². The molecule has 34 heavy (non-hydrogen) atoms. The minimum Gasteiger partial charge on any atom is -0.504 e. The van der Waals surface area contributed by atoms with E-state index in [0.717, 1.165) is 56.7 Å². The molecule has 5 aliphatic carbocycles. The smallest absolute Gasteiger partial charge is 0.165 e. The number of rotatable bonds is 4. The predicted octanol–water partition coefficient (Wildman–Crippen LogP) is 4.24. The lowest BCUT2D eigenvalue weighted by molar-refractivity contribution is -0.303. The zero-order chi connectivity index (χ0) is 23.9. The molecule has 7 atom stereocenters. The molecule has 1 aromatic rings. The first-order valence-corrected chi connectivity index (χ1v) is 13.6. The van der Waals surface area contributed by atoms with Gasteiger partial charge in [-0.3, -0.25) is 0 Å². The van der Waals surface area contributed by atoms with Crippen LogP contribution in [-0.2, 0) is 23.0 Å². The van der Waals surface area contributed by atoms with E-state index >= 15 is 0 Å². The summed E-state index contributed by atoms with van der Waals surface area (Å²) in [6, 6.07) is 2.39. The van der Waals surface area contributed by atoms with Crippen molar-refractivity contribution < 1.29 is 19.7 Å². The third-order valence-electron chi connectivity index (χ3n) is 11.8. The molecule has 2 heterocycles. The number of piperidine rings is 1. The quantitative estimate of drug-likeness (QED) is 0.618. The van der Waals surface area contributed by atoms with E-state index in [-0.39, 0.29) is 28.3 Å². The summed E-state index contributed by atoms with van der Waals surface area (Å²) in [6.07, 6.45) is 8.45. The second kappa shape index (κ2) is 6.33. The van der Waals surface area contributed by atoms with E-state index < -0.39 is 11.2 Å². The van der Waals surface area contributed by atoms with Crippen LogP contribution in [0.5, 0.6) is 11.5 Å². The number of aromatic hydroxyl groups is 1. The minimum atomic E-state index is -0.913. The SMILES string of the molecule is COC12CC[C@]3(CC1[C@](C)(O)C(C)(C)C)[C@H]1Cc4c(CC5CC5)cc(O)c5c4[C@@]3(CCN1)C2O5. The van der Waals surface area contributed by atoms with Crippen LogP contribution in [0.1, 0.15) is 82.9 Å². The van der Waals surface area contributed by atoms with Gasteiger partial charge in [-0.2, -0.15) is 0 Å². The van der Waals surface area contributed by atoms with Gasteiger partial charge in [0.25, 0.3) is 0 Å². The summed E-state index contributed by atoms with van der Waals surface area (Å²) in [5, 5.41) is 27.4. The molecule has 4 bridgehead atoms.